The van der Waals surface area contributed by atoms with Gasteiger partial charge < -0.3 is 14.8 Å². The van der Waals surface area contributed by atoms with Gasteiger partial charge in [-0.25, -0.2) is 4.79 Å². The van der Waals surface area contributed by atoms with Gasteiger partial charge in [0.15, 0.2) is 0 Å². The molecule has 0 aromatic heterocycles. The standard InChI is InChI=1S/C15H20N2O3/c1-19-13-5-3-11(4-6-13)8-17-9-12-7-15(17,10-16-12)14(18)20-2/h3-6,12,16H,7-10H2,1-2H3/t12-,15?/m0/s1. The van der Waals surface area contributed by atoms with Crippen molar-refractivity contribution >= 4 is 5.97 Å². The maximum Gasteiger partial charge on any atom is 0.327 e. The van der Waals surface area contributed by atoms with Gasteiger partial charge >= 0.3 is 5.97 Å². The van der Waals surface area contributed by atoms with Crippen LogP contribution < -0.4 is 10.1 Å². The first-order valence-electron chi connectivity index (χ1n) is 6.88. The van der Waals surface area contributed by atoms with Crippen molar-refractivity contribution in [3.05, 3.63) is 29.8 Å². The zero-order valence-corrected chi connectivity index (χ0v) is 11.9. The van der Waals surface area contributed by atoms with E-state index in [1.54, 1.807) is 7.11 Å². The van der Waals surface area contributed by atoms with Crippen LogP contribution >= 0.6 is 0 Å². The van der Waals surface area contributed by atoms with E-state index >= 15 is 0 Å². The number of hydrogen-bond donors (Lipinski definition) is 1. The summed E-state index contributed by atoms with van der Waals surface area (Å²) in [6.07, 6.45) is 0.843. The van der Waals surface area contributed by atoms with Gasteiger partial charge in [-0.1, -0.05) is 12.1 Å². The molecule has 2 saturated heterocycles. The molecule has 1 N–H and O–H groups in total. The summed E-state index contributed by atoms with van der Waals surface area (Å²) >= 11 is 0. The van der Waals surface area contributed by atoms with Gasteiger partial charge in [-0.05, 0) is 24.1 Å². The van der Waals surface area contributed by atoms with Gasteiger partial charge in [0.05, 0.1) is 14.2 Å². The normalized spacial score (nSPS) is 28.6. The number of hydrogen-bond acceptors (Lipinski definition) is 5. The molecule has 0 amide bonds. The van der Waals surface area contributed by atoms with Gasteiger partial charge in [0.2, 0.25) is 0 Å². The number of piperazine rings is 1. The van der Waals surface area contributed by atoms with Gasteiger partial charge in [-0.2, -0.15) is 0 Å². The number of carbonyl (C=O) groups is 1. The Kier molecular flexibility index (Phi) is 3.40. The molecule has 2 heterocycles. The van der Waals surface area contributed by atoms with E-state index in [1.807, 2.05) is 24.3 Å². The van der Waals surface area contributed by atoms with Crippen LogP contribution in [-0.4, -0.2) is 49.8 Å². The maximum atomic E-state index is 12.2. The summed E-state index contributed by atoms with van der Waals surface area (Å²) in [6, 6.07) is 8.39. The van der Waals surface area contributed by atoms with Crippen LogP contribution in [0.1, 0.15) is 12.0 Å². The van der Waals surface area contributed by atoms with E-state index in [1.165, 1.54) is 12.7 Å². The molecule has 3 rings (SSSR count). The minimum absolute atomic E-state index is 0.126. The number of esters is 1. The molecule has 2 bridgehead atoms. The van der Waals surface area contributed by atoms with Crippen LogP contribution in [0.4, 0.5) is 0 Å². The van der Waals surface area contributed by atoms with Gasteiger partial charge in [0.1, 0.15) is 11.3 Å². The van der Waals surface area contributed by atoms with Crippen molar-refractivity contribution < 1.29 is 14.3 Å². The summed E-state index contributed by atoms with van der Waals surface area (Å²) in [6.45, 7) is 2.33. The van der Waals surface area contributed by atoms with Crippen molar-refractivity contribution in [3.63, 3.8) is 0 Å². The number of rotatable bonds is 4. The number of nitrogens with one attached hydrogen (secondary N) is 1. The highest BCUT2D eigenvalue weighted by Gasteiger charge is 2.56. The Balaban J connectivity index is 1.77. The fraction of sp³-hybridized carbons (Fsp3) is 0.533. The Labute approximate surface area is 118 Å². The molecule has 0 saturated carbocycles. The third kappa shape index (κ3) is 2.07. The number of ether oxygens (including phenoxy) is 2. The number of nitrogens with zero attached hydrogens (tertiary/aromatic N) is 1. The summed E-state index contributed by atoms with van der Waals surface area (Å²) in [5, 5.41) is 3.38. The quantitative estimate of drug-likeness (QED) is 0.824. The van der Waals surface area contributed by atoms with Gasteiger partial charge in [-0.3, -0.25) is 4.90 Å². The molecule has 108 valence electrons. The second-order valence-corrected chi connectivity index (χ2v) is 5.53. The van der Waals surface area contributed by atoms with Crippen LogP contribution in [0.2, 0.25) is 0 Å². The summed E-state index contributed by atoms with van der Waals surface area (Å²) in [7, 11) is 3.13. The topological polar surface area (TPSA) is 50.8 Å². The smallest absolute Gasteiger partial charge is 0.327 e. The first kappa shape index (κ1) is 13.4. The molecule has 2 aliphatic heterocycles. The maximum absolute atomic E-state index is 12.2. The second kappa shape index (κ2) is 5.07. The van der Waals surface area contributed by atoms with E-state index < -0.39 is 5.54 Å². The molecule has 0 radical (unpaired) electrons. The van der Waals surface area contributed by atoms with E-state index in [0.29, 0.717) is 12.6 Å². The number of likely N-dealkylation sites (tertiary alicyclic amines) is 1. The Morgan fingerprint density at radius 2 is 2.15 bits per heavy atom. The lowest BCUT2D eigenvalue weighted by molar-refractivity contribution is -0.153. The molecule has 2 aliphatic rings. The Morgan fingerprint density at radius 1 is 1.40 bits per heavy atom. The number of benzene rings is 1. The monoisotopic (exact) mass is 276 g/mol. The summed E-state index contributed by atoms with van der Waals surface area (Å²) in [4.78, 5) is 14.4. The predicted molar refractivity (Wildman–Crippen MR) is 74.6 cm³/mol. The number of fused-ring (bicyclic) bond motifs is 2. The SMILES string of the molecule is COC(=O)C12CN[C@H](CN1Cc1ccc(OC)cc1)C2. The lowest BCUT2D eigenvalue weighted by Gasteiger charge is -2.36. The fourth-order valence-electron chi connectivity index (χ4n) is 3.32. The highest BCUT2D eigenvalue weighted by Crippen LogP contribution is 2.36. The molecule has 5 heteroatoms. The highest BCUT2D eigenvalue weighted by molar-refractivity contribution is 5.82. The van der Waals surface area contributed by atoms with Crippen molar-refractivity contribution in [3.8, 4) is 5.75 Å². The third-order valence-electron chi connectivity index (χ3n) is 4.41. The van der Waals surface area contributed by atoms with Gasteiger partial charge in [0, 0.05) is 25.7 Å². The predicted octanol–water partition coefficient (Wildman–Crippen LogP) is 0.784. The van der Waals surface area contributed by atoms with Crippen molar-refractivity contribution in [1.29, 1.82) is 0 Å². The number of carbonyl (C=O) groups excluding carboxylic acids is 1. The third-order valence-corrected chi connectivity index (χ3v) is 4.41. The van der Waals surface area contributed by atoms with Crippen molar-refractivity contribution in [2.45, 2.75) is 24.5 Å². The minimum atomic E-state index is -0.487. The average Bonchev–Trinajstić information content (AvgIpc) is 3.06. The van der Waals surface area contributed by atoms with Gasteiger partial charge in [-0.15, -0.1) is 0 Å². The van der Waals surface area contributed by atoms with E-state index in [0.717, 1.165) is 25.3 Å². The van der Waals surface area contributed by atoms with Gasteiger partial charge in [0.25, 0.3) is 0 Å². The van der Waals surface area contributed by atoms with Crippen LogP contribution in [0.25, 0.3) is 0 Å². The fourth-order valence-corrected chi connectivity index (χ4v) is 3.32. The molecule has 1 aromatic rings. The van der Waals surface area contributed by atoms with E-state index in [2.05, 4.69) is 10.2 Å². The first-order valence-corrected chi connectivity index (χ1v) is 6.88. The molecular formula is C15H20N2O3. The molecular weight excluding hydrogens is 256 g/mol. The summed E-state index contributed by atoms with van der Waals surface area (Å²) in [5.41, 5.74) is 0.695. The van der Waals surface area contributed by atoms with Crippen molar-refractivity contribution in [2.24, 2.45) is 0 Å². The number of methoxy groups -OCH3 is 2. The van der Waals surface area contributed by atoms with Crippen LogP contribution in [0, 0.1) is 0 Å². The van der Waals surface area contributed by atoms with Crippen molar-refractivity contribution in [1.82, 2.24) is 10.2 Å². The molecule has 1 aromatic carbocycles. The van der Waals surface area contributed by atoms with Crippen LogP contribution in [0.15, 0.2) is 24.3 Å². The molecule has 0 aliphatic carbocycles. The lowest BCUT2D eigenvalue weighted by Crippen LogP contribution is -2.57. The zero-order chi connectivity index (χ0) is 14.2. The molecule has 2 atom stereocenters. The minimum Gasteiger partial charge on any atom is -0.497 e. The summed E-state index contributed by atoms with van der Waals surface area (Å²) in [5.74, 6) is 0.722. The van der Waals surface area contributed by atoms with Crippen molar-refractivity contribution in [2.75, 3.05) is 27.3 Å². The molecule has 0 spiro atoms. The average molecular weight is 276 g/mol. The molecule has 5 nitrogen and oxygen atoms in total. The summed E-state index contributed by atoms with van der Waals surface area (Å²) < 4.78 is 10.2. The Bertz CT molecular complexity index is 502. The van der Waals surface area contributed by atoms with Crippen LogP contribution in [-0.2, 0) is 16.1 Å². The molecule has 1 unspecified atom stereocenters. The molecule has 2 fully saturated rings. The molecule has 20 heavy (non-hydrogen) atoms. The zero-order valence-electron chi connectivity index (χ0n) is 11.9. The van der Waals surface area contributed by atoms with Crippen LogP contribution in [0.3, 0.4) is 0 Å². The van der Waals surface area contributed by atoms with E-state index in [4.69, 9.17) is 9.47 Å². The first-order chi connectivity index (χ1) is 9.68. The highest BCUT2D eigenvalue weighted by atomic mass is 16.5. The second-order valence-electron chi connectivity index (χ2n) is 5.53. The Morgan fingerprint density at radius 3 is 2.75 bits per heavy atom. The largest absolute Gasteiger partial charge is 0.497 e. The van der Waals surface area contributed by atoms with Crippen LogP contribution in [0.5, 0.6) is 5.75 Å². The van der Waals surface area contributed by atoms with E-state index in [9.17, 15) is 4.79 Å². The Hall–Kier alpha value is -1.59. The van der Waals surface area contributed by atoms with E-state index in [-0.39, 0.29) is 5.97 Å². The lowest BCUT2D eigenvalue weighted by atomic mass is 9.98.